The molecular formula is C23H28FNO3S. The van der Waals surface area contributed by atoms with Crippen LogP contribution in [0.15, 0.2) is 53.4 Å². The highest BCUT2D eigenvalue weighted by molar-refractivity contribution is 7.93. The van der Waals surface area contributed by atoms with Crippen LogP contribution in [0.2, 0.25) is 0 Å². The number of hydrogen-bond acceptors (Lipinski definition) is 3. The second-order valence-corrected chi connectivity index (χ2v) is 10.2. The molecule has 3 rings (SSSR count). The summed E-state index contributed by atoms with van der Waals surface area (Å²) in [5.41, 5.74) is 8.46. The largest absolute Gasteiger partial charge is 0.368 e. The maximum Gasteiger partial charge on any atom is 0.239 e. The fourth-order valence-electron chi connectivity index (χ4n) is 4.05. The molecule has 6 heteroatoms. The number of primary amides is 1. The topological polar surface area (TPSA) is 77.2 Å². The number of amides is 1. The van der Waals surface area contributed by atoms with Crippen LogP contribution in [-0.4, -0.2) is 25.2 Å². The fraction of sp³-hybridized carbons (Fsp3) is 0.435. The zero-order chi connectivity index (χ0) is 21.1. The van der Waals surface area contributed by atoms with Crippen molar-refractivity contribution in [1.29, 1.82) is 0 Å². The molecule has 0 bridgehead atoms. The number of sulfone groups is 1. The van der Waals surface area contributed by atoms with Crippen molar-refractivity contribution in [2.24, 2.45) is 5.73 Å². The molecule has 1 fully saturated rings. The standard InChI is InChI=1S/C23H28FNO3S/c1-17(24)5-6-18-7-9-19(10-8-18)20-11-13-21(14-12-20)29(27,28)23(22(25)26)15-3-2-4-16-23/h7-14,17H,2-6,15-16H2,1H3,(H2,25,26). The minimum Gasteiger partial charge on any atom is -0.368 e. The van der Waals surface area contributed by atoms with E-state index in [0.29, 0.717) is 25.7 Å². The normalized spacial score (nSPS) is 17.6. The SMILES string of the molecule is CC(F)CCc1ccc(-c2ccc(S(=O)(=O)C3(C(N)=O)CCCCC3)cc2)cc1. The van der Waals surface area contributed by atoms with Crippen molar-refractivity contribution in [3.8, 4) is 11.1 Å². The summed E-state index contributed by atoms with van der Waals surface area (Å²) in [6.07, 6.45) is 3.22. The average molecular weight is 418 g/mol. The van der Waals surface area contributed by atoms with Crippen LogP contribution in [0.1, 0.15) is 51.0 Å². The van der Waals surface area contributed by atoms with E-state index in [1.165, 1.54) is 0 Å². The predicted octanol–water partition coefficient (Wildman–Crippen LogP) is 4.61. The number of benzene rings is 2. The number of alkyl halides is 1. The summed E-state index contributed by atoms with van der Waals surface area (Å²) in [4.78, 5) is 12.3. The Labute approximate surface area is 172 Å². The molecule has 0 heterocycles. The minimum atomic E-state index is -3.85. The van der Waals surface area contributed by atoms with E-state index in [1.807, 2.05) is 24.3 Å². The highest BCUT2D eigenvalue weighted by Crippen LogP contribution is 2.39. The Balaban J connectivity index is 1.83. The summed E-state index contributed by atoms with van der Waals surface area (Å²) in [5, 5.41) is 0. The first-order chi connectivity index (χ1) is 13.8. The predicted molar refractivity (Wildman–Crippen MR) is 113 cm³/mol. The second kappa shape index (κ2) is 8.66. The van der Waals surface area contributed by atoms with E-state index in [2.05, 4.69) is 0 Å². The van der Waals surface area contributed by atoms with Gasteiger partial charge in [-0.25, -0.2) is 12.8 Å². The summed E-state index contributed by atoms with van der Waals surface area (Å²) < 4.78 is 38.0. The maximum absolute atomic E-state index is 13.2. The van der Waals surface area contributed by atoms with Crippen molar-refractivity contribution in [3.05, 3.63) is 54.1 Å². The molecule has 0 radical (unpaired) electrons. The fourth-order valence-corrected chi connectivity index (χ4v) is 6.09. The van der Waals surface area contributed by atoms with Gasteiger partial charge < -0.3 is 5.73 Å². The smallest absolute Gasteiger partial charge is 0.239 e. The highest BCUT2D eigenvalue weighted by Gasteiger charge is 2.50. The van der Waals surface area contributed by atoms with Crippen molar-refractivity contribution < 1.29 is 17.6 Å². The quantitative estimate of drug-likeness (QED) is 0.715. The monoisotopic (exact) mass is 417 g/mol. The van der Waals surface area contributed by atoms with E-state index in [-0.39, 0.29) is 17.7 Å². The lowest BCUT2D eigenvalue weighted by Gasteiger charge is -2.33. The zero-order valence-corrected chi connectivity index (χ0v) is 17.6. The van der Waals surface area contributed by atoms with Crippen molar-refractivity contribution in [2.45, 2.75) is 67.7 Å². The Morgan fingerprint density at radius 3 is 2.00 bits per heavy atom. The van der Waals surface area contributed by atoms with Gasteiger partial charge in [0.1, 0.15) is 0 Å². The molecule has 1 atom stereocenters. The van der Waals surface area contributed by atoms with Crippen LogP contribution >= 0.6 is 0 Å². The summed E-state index contributed by atoms with van der Waals surface area (Å²) >= 11 is 0. The number of nitrogens with two attached hydrogens (primary N) is 1. The van der Waals surface area contributed by atoms with Gasteiger partial charge in [-0.3, -0.25) is 4.79 Å². The van der Waals surface area contributed by atoms with Crippen LogP contribution in [-0.2, 0) is 21.1 Å². The van der Waals surface area contributed by atoms with Crippen LogP contribution in [0.5, 0.6) is 0 Å². The highest BCUT2D eigenvalue weighted by atomic mass is 32.2. The molecule has 29 heavy (non-hydrogen) atoms. The van der Waals surface area contributed by atoms with Crippen molar-refractivity contribution in [1.82, 2.24) is 0 Å². The molecule has 1 saturated carbocycles. The number of carbonyl (C=O) groups is 1. The first kappa shape index (κ1) is 21.5. The molecule has 0 aliphatic heterocycles. The van der Waals surface area contributed by atoms with Gasteiger partial charge in [-0.2, -0.15) is 0 Å². The Morgan fingerprint density at radius 1 is 1.00 bits per heavy atom. The van der Waals surface area contributed by atoms with Crippen molar-refractivity contribution >= 4 is 15.7 Å². The Morgan fingerprint density at radius 2 is 1.52 bits per heavy atom. The van der Waals surface area contributed by atoms with E-state index >= 15 is 0 Å². The third-order valence-electron chi connectivity index (χ3n) is 5.91. The molecule has 2 N–H and O–H groups in total. The molecular weight excluding hydrogens is 389 g/mol. The first-order valence-corrected chi connectivity index (χ1v) is 11.6. The number of aryl methyl sites for hydroxylation is 1. The lowest BCUT2D eigenvalue weighted by atomic mass is 9.88. The van der Waals surface area contributed by atoms with Crippen LogP contribution in [0.4, 0.5) is 4.39 Å². The number of rotatable bonds is 7. The van der Waals surface area contributed by atoms with Gasteiger partial charge in [0.2, 0.25) is 5.91 Å². The van der Waals surface area contributed by atoms with Crippen molar-refractivity contribution in [3.63, 3.8) is 0 Å². The summed E-state index contributed by atoms with van der Waals surface area (Å²) in [6.45, 7) is 1.56. The van der Waals surface area contributed by atoms with Gasteiger partial charge in [0.15, 0.2) is 14.6 Å². The van der Waals surface area contributed by atoms with Gasteiger partial charge in [-0.05, 0) is 61.4 Å². The van der Waals surface area contributed by atoms with E-state index in [0.717, 1.165) is 23.1 Å². The van der Waals surface area contributed by atoms with Crippen LogP contribution < -0.4 is 5.73 Å². The van der Waals surface area contributed by atoms with Crippen LogP contribution in [0.3, 0.4) is 0 Å². The molecule has 2 aromatic carbocycles. The van der Waals surface area contributed by atoms with Gasteiger partial charge >= 0.3 is 0 Å². The Hall–Kier alpha value is -2.21. The molecule has 156 valence electrons. The van der Waals surface area contributed by atoms with Crippen LogP contribution in [0.25, 0.3) is 11.1 Å². The molecule has 1 amide bonds. The third-order valence-corrected chi connectivity index (χ3v) is 8.44. The van der Waals surface area contributed by atoms with Gasteiger partial charge in [-0.1, -0.05) is 55.7 Å². The molecule has 2 aromatic rings. The molecule has 0 spiro atoms. The second-order valence-electron chi connectivity index (χ2n) is 7.96. The zero-order valence-electron chi connectivity index (χ0n) is 16.7. The minimum absolute atomic E-state index is 0.135. The molecule has 1 aliphatic carbocycles. The first-order valence-electron chi connectivity index (χ1n) is 10.1. The van der Waals surface area contributed by atoms with Gasteiger partial charge in [-0.15, -0.1) is 0 Å². The summed E-state index contributed by atoms with van der Waals surface area (Å²) in [6, 6.07) is 14.5. The maximum atomic E-state index is 13.2. The number of halogens is 1. The number of carbonyl (C=O) groups excluding carboxylic acids is 1. The van der Waals surface area contributed by atoms with Crippen LogP contribution in [0, 0.1) is 0 Å². The lowest BCUT2D eigenvalue weighted by molar-refractivity contribution is -0.121. The summed E-state index contributed by atoms with van der Waals surface area (Å²) in [5.74, 6) is -0.750. The average Bonchev–Trinajstić information content (AvgIpc) is 2.73. The van der Waals surface area contributed by atoms with Crippen molar-refractivity contribution in [2.75, 3.05) is 0 Å². The molecule has 1 unspecified atom stereocenters. The van der Waals surface area contributed by atoms with Gasteiger partial charge in [0, 0.05) is 0 Å². The Kier molecular flexibility index (Phi) is 6.42. The molecule has 1 aliphatic rings. The molecule has 0 saturated heterocycles. The third kappa shape index (κ3) is 4.37. The summed E-state index contributed by atoms with van der Waals surface area (Å²) in [7, 11) is -3.85. The lowest BCUT2D eigenvalue weighted by Crippen LogP contribution is -2.51. The number of hydrogen-bond donors (Lipinski definition) is 1. The van der Waals surface area contributed by atoms with E-state index < -0.39 is 26.7 Å². The Bertz CT molecular complexity index is 945. The van der Waals surface area contributed by atoms with E-state index in [9.17, 15) is 17.6 Å². The van der Waals surface area contributed by atoms with Gasteiger partial charge in [0.05, 0.1) is 11.1 Å². The molecule has 4 nitrogen and oxygen atoms in total. The van der Waals surface area contributed by atoms with E-state index in [4.69, 9.17) is 5.73 Å². The molecule has 0 aromatic heterocycles. The van der Waals surface area contributed by atoms with E-state index in [1.54, 1.807) is 31.2 Å². The van der Waals surface area contributed by atoms with Gasteiger partial charge in [0.25, 0.3) is 0 Å².